The minimum Gasteiger partial charge on any atom is -1.00 e. The van der Waals surface area contributed by atoms with Crippen molar-refractivity contribution in [2.45, 2.75) is 161 Å². The lowest BCUT2D eigenvalue weighted by Gasteiger charge is -2.04. The minimum atomic E-state index is 0. The number of rotatable bonds is 0. The van der Waals surface area contributed by atoms with Crippen molar-refractivity contribution in [1.29, 1.82) is 0 Å². The SMILES string of the molecule is [I-].[I-].c1cc2c[n+](c1)CCCCCCCCCCCCCCc1ccc[n+](c1)CCCCCCCCCCC2. The maximum atomic E-state index is 2.44. The fraction of sp³-hybridized carbons (Fsp3) is 0.714. The lowest BCUT2D eigenvalue weighted by Crippen LogP contribution is -3.00. The second-order valence-corrected chi connectivity index (χ2v) is 11.8. The normalized spacial score (nSPS) is 18.9. The molecule has 0 fully saturated rings. The van der Waals surface area contributed by atoms with E-state index in [2.05, 4.69) is 58.2 Å². The second-order valence-electron chi connectivity index (χ2n) is 11.8. The number of fused-ring (bicyclic) bond motifs is 4. The molecule has 0 radical (unpaired) electrons. The smallest absolute Gasteiger partial charge is 0.171 e. The van der Waals surface area contributed by atoms with Crippen molar-refractivity contribution in [3.8, 4) is 0 Å². The molecule has 0 amide bonds. The lowest BCUT2D eigenvalue weighted by molar-refractivity contribution is -0.697. The van der Waals surface area contributed by atoms with E-state index in [1.807, 2.05) is 0 Å². The number of hydrogen-bond donors (Lipinski definition) is 0. The molecule has 39 heavy (non-hydrogen) atoms. The third-order valence-electron chi connectivity index (χ3n) is 8.35. The summed E-state index contributed by atoms with van der Waals surface area (Å²) in [5.74, 6) is 0. The highest BCUT2D eigenvalue weighted by Gasteiger charge is 2.05. The first-order valence-electron chi connectivity index (χ1n) is 16.4. The molecule has 3 heterocycles. The summed E-state index contributed by atoms with van der Waals surface area (Å²) in [4.78, 5) is 0. The second kappa shape index (κ2) is 25.5. The standard InChI is InChI=1S/C35H58N2.2HI/c1-2-4-8-12-16-20-28-36-30-23-27-35(33-36)25-19-15-11-7-5-9-13-17-21-29-37-31-22-26-34(32-37)24-18-14-10-6-3-1;;/h22-23,26-27,30-33H,1-21,24-25,28-29H2;2*1H/q+2;;/p-2. The van der Waals surface area contributed by atoms with Gasteiger partial charge in [-0.3, -0.25) is 0 Å². The van der Waals surface area contributed by atoms with E-state index in [4.69, 9.17) is 0 Å². The van der Waals surface area contributed by atoms with Crippen molar-refractivity contribution in [3.63, 3.8) is 0 Å². The van der Waals surface area contributed by atoms with Crippen LogP contribution in [0.15, 0.2) is 49.1 Å². The molecule has 0 unspecified atom stereocenters. The number of nitrogens with zero attached hydrogens (tertiary/aromatic N) is 2. The molecular formula is C35H58I2N2. The molecule has 0 aliphatic carbocycles. The Hall–Kier alpha value is -0.240. The molecular weight excluding hydrogens is 702 g/mol. The van der Waals surface area contributed by atoms with Crippen molar-refractivity contribution in [2.24, 2.45) is 0 Å². The summed E-state index contributed by atoms with van der Waals surface area (Å²) >= 11 is 0. The van der Waals surface area contributed by atoms with Crippen LogP contribution >= 0.6 is 0 Å². The van der Waals surface area contributed by atoms with Crippen LogP contribution in [0.4, 0.5) is 0 Å². The topological polar surface area (TPSA) is 7.76 Å². The van der Waals surface area contributed by atoms with Gasteiger partial charge in [-0.25, -0.2) is 9.13 Å². The van der Waals surface area contributed by atoms with Gasteiger partial charge in [-0.2, -0.15) is 0 Å². The quantitative estimate of drug-likeness (QED) is 0.288. The third-order valence-corrected chi connectivity index (χ3v) is 8.35. The molecule has 4 heteroatoms. The zero-order valence-corrected chi connectivity index (χ0v) is 29.3. The molecule has 3 rings (SSSR count). The highest BCUT2D eigenvalue weighted by atomic mass is 127. The van der Waals surface area contributed by atoms with Gasteiger partial charge in [0.2, 0.25) is 0 Å². The van der Waals surface area contributed by atoms with E-state index in [0.717, 1.165) is 0 Å². The third kappa shape index (κ3) is 18.7. The maximum absolute atomic E-state index is 2.44. The van der Waals surface area contributed by atoms with Crippen LogP contribution in [-0.4, -0.2) is 0 Å². The molecule has 2 aromatic heterocycles. The first kappa shape index (κ1) is 36.8. The van der Waals surface area contributed by atoms with Crippen LogP contribution in [0.5, 0.6) is 0 Å². The Bertz CT molecular complexity index is 758. The number of aromatic nitrogens is 2. The molecule has 0 saturated heterocycles. The van der Waals surface area contributed by atoms with Gasteiger partial charge in [0.1, 0.15) is 13.1 Å². The summed E-state index contributed by atoms with van der Waals surface area (Å²) in [6, 6.07) is 9.18. The van der Waals surface area contributed by atoms with Crippen LogP contribution in [0.2, 0.25) is 0 Å². The van der Waals surface area contributed by atoms with Crippen LogP contribution in [0.1, 0.15) is 146 Å². The van der Waals surface area contributed by atoms with E-state index in [1.54, 1.807) is 0 Å². The minimum absolute atomic E-state index is 0. The van der Waals surface area contributed by atoms with Crippen molar-refractivity contribution >= 4 is 0 Å². The number of hydrogen-bond acceptors (Lipinski definition) is 0. The first-order chi connectivity index (χ1) is 18.4. The molecule has 1 aliphatic heterocycles. The van der Waals surface area contributed by atoms with Gasteiger partial charge in [0.25, 0.3) is 0 Å². The Balaban J connectivity index is 0.00000380. The lowest BCUT2D eigenvalue weighted by atomic mass is 10.0. The van der Waals surface area contributed by atoms with Gasteiger partial charge < -0.3 is 48.0 Å². The molecule has 4 bridgehead atoms. The summed E-state index contributed by atoms with van der Waals surface area (Å²) in [7, 11) is 0. The van der Waals surface area contributed by atoms with Crippen LogP contribution in [0.25, 0.3) is 0 Å². The summed E-state index contributed by atoms with van der Waals surface area (Å²) in [5, 5.41) is 0. The molecule has 0 N–H and O–H groups in total. The van der Waals surface area contributed by atoms with Crippen molar-refractivity contribution in [3.05, 3.63) is 60.2 Å². The number of halogens is 2. The first-order valence-corrected chi connectivity index (χ1v) is 16.4. The largest absolute Gasteiger partial charge is 1.00 e. The Morgan fingerprint density at radius 2 is 0.641 bits per heavy atom. The van der Waals surface area contributed by atoms with Gasteiger partial charge in [0.15, 0.2) is 24.8 Å². The van der Waals surface area contributed by atoms with Crippen LogP contribution < -0.4 is 57.1 Å². The average molecular weight is 761 g/mol. The van der Waals surface area contributed by atoms with Crippen LogP contribution in [-0.2, 0) is 25.9 Å². The van der Waals surface area contributed by atoms with E-state index in [1.165, 1.54) is 172 Å². The van der Waals surface area contributed by atoms with Crippen molar-refractivity contribution < 1.29 is 57.1 Å². The molecule has 0 atom stereocenters. The van der Waals surface area contributed by atoms with E-state index >= 15 is 0 Å². The summed E-state index contributed by atoms with van der Waals surface area (Å²) in [5.41, 5.74) is 3.06. The summed E-state index contributed by atoms with van der Waals surface area (Å²) in [6.45, 7) is 2.38. The number of pyridine rings is 2. The van der Waals surface area contributed by atoms with E-state index < -0.39 is 0 Å². The number of aryl methyl sites for hydroxylation is 4. The Morgan fingerprint density at radius 3 is 0.974 bits per heavy atom. The Kier molecular flexibility index (Phi) is 24.0. The zero-order valence-electron chi connectivity index (χ0n) is 24.9. The Morgan fingerprint density at radius 1 is 0.359 bits per heavy atom. The zero-order chi connectivity index (χ0) is 25.6. The predicted octanol–water partition coefficient (Wildman–Crippen LogP) is 3.26. The van der Waals surface area contributed by atoms with Gasteiger partial charge in [0.05, 0.1) is 0 Å². The fourth-order valence-corrected chi connectivity index (χ4v) is 5.98. The van der Waals surface area contributed by atoms with Crippen molar-refractivity contribution in [2.75, 3.05) is 0 Å². The highest BCUT2D eigenvalue weighted by Crippen LogP contribution is 2.14. The van der Waals surface area contributed by atoms with Gasteiger partial charge in [-0.15, -0.1) is 0 Å². The molecule has 2 nitrogen and oxygen atoms in total. The van der Waals surface area contributed by atoms with Crippen LogP contribution in [0.3, 0.4) is 0 Å². The van der Waals surface area contributed by atoms with Crippen molar-refractivity contribution in [1.82, 2.24) is 0 Å². The predicted molar refractivity (Wildman–Crippen MR) is 158 cm³/mol. The van der Waals surface area contributed by atoms with E-state index in [-0.39, 0.29) is 48.0 Å². The van der Waals surface area contributed by atoms with Crippen LogP contribution in [0, 0.1) is 0 Å². The maximum Gasteiger partial charge on any atom is 0.171 e. The molecule has 1 aliphatic rings. The monoisotopic (exact) mass is 760 g/mol. The van der Waals surface area contributed by atoms with Gasteiger partial charge in [-0.05, 0) is 50.7 Å². The van der Waals surface area contributed by atoms with Gasteiger partial charge in [0, 0.05) is 36.1 Å². The molecule has 0 spiro atoms. The Labute approximate surface area is 276 Å². The fourth-order valence-electron chi connectivity index (χ4n) is 5.98. The molecule has 0 aromatic carbocycles. The van der Waals surface area contributed by atoms with Gasteiger partial charge in [-0.1, -0.05) is 96.3 Å². The van der Waals surface area contributed by atoms with E-state index in [9.17, 15) is 0 Å². The average Bonchev–Trinajstić information content (AvgIpc) is 2.92. The highest BCUT2D eigenvalue weighted by molar-refractivity contribution is 5.05. The molecule has 2 aromatic rings. The van der Waals surface area contributed by atoms with E-state index in [0.29, 0.717) is 0 Å². The van der Waals surface area contributed by atoms with Gasteiger partial charge >= 0.3 is 0 Å². The summed E-state index contributed by atoms with van der Waals surface area (Å²) < 4.78 is 4.87. The summed E-state index contributed by atoms with van der Waals surface area (Å²) in [6.07, 6.45) is 41.3. The molecule has 0 saturated carbocycles. The molecule has 222 valence electrons.